The van der Waals surface area contributed by atoms with Crippen LogP contribution in [0.15, 0.2) is 42.5 Å². The van der Waals surface area contributed by atoms with Crippen molar-refractivity contribution < 1.29 is 0 Å². The van der Waals surface area contributed by atoms with Gasteiger partial charge < -0.3 is 0 Å². The van der Waals surface area contributed by atoms with Crippen LogP contribution in [0.2, 0.25) is 0 Å². The molecular formula is C14H19. The Balaban J connectivity index is 2.35. The van der Waals surface area contributed by atoms with Crippen molar-refractivity contribution in [3.63, 3.8) is 0 Å². The summed E-state index contributed by atoms with van der Waals surface area (Å²) in [5.41, 5.74) is 0. The summed E-state index contributed by atoms with van der Waals surface area (Å²) < 4.78 is 0. The second-order valence-corrected chi connectivity index (χ2v) is 3.50. The molecule has 1 radical (unpaired) electrons. The summed E-state index contributed by atoms with van der Waals surface area (Å²) in [5.74, 6) is 0. The Bertz CT molecular complexity index is 204. The Morgan fingerprint density at radius 2 is 1.57 bits per heavy atom. The first-order valence-corrected chi connectivity index (χ1v) is 5.54. The monoisotopic (exact) mass is 187 g/mol. The lowest BCUT2D eigenvalue weighted by Crippen LogP contribution is -1.75. The highest BCUT2D eigenvalue weighted by Gasteiger charge is 1.85. The van der Waals surface area contributed by atoms with E-state index in [2.05, 4.69) is 42.5 Å². The zero-order valence-corrected chi connectivity index (χ0v) is 8.78. The third-order valence-corrected chi connectivity index (χ3v) is 2.21. The van der Waals surface area contributed by atoms with Gasteiger partial charge in [-0.15, -0.1) is 0 Å². The van der Waals surface area contributed by atoms with Crippen molar-refractivity contribution in [3.8, 4) is 0 Å². The summed E-state index contributed by atoms with van der Waals surface area (Å²) in [6.07, 6.45) is 25.5. The van der Waals surface area contributed by atoms with Crippen molar-refractivity contribution in [2.24, 2.45) is 0 Å². The second-order valence-electron chi connectivity index (χ2n) is 3.50. The van der Waals surface area contributed by atoms with Gasteiger partial charge in [0.05, 0.1) is 0 Å². The maximum absolute atomic E-state index is 3.16. The van der Waals surface area contributed by atoms with Crippen molar-refractivity contribution in [1.29, 1.82) is 0 Å². The molecule has 0 unspecified atom stereocenters. The van der Waals surface area contributed by atoms with Crippen molar-refractivity contribution in [1.82, 2.24) is 0 Å². The van der Waals surface area contributed by atoms with Gasteiger partial charge in [-0.2, -0.15) is 0 Å². The minimum Gasteiger partial charge on any atom is -0.0845 e. The van der Waals surface area contributed by atoms with Gasteiger partial charge in [-0.1, -0.05) is 49.0 Å². The molecular weight excluding hydrogens is 168 g/mol. The van der Waals surface area contributed by atoms with Gasteiger partial charge in [0.25, 0.3) is 0 Å². The molecule has 0 amide bonds. The minimum atomic E-state index is 0.981. The molecule has 0 N–H and O–H groups in total. The third kappa shape index (κ3) is 6.47. The van der Waals surface area contributed by atoms with Gasteiger partial charge in [0.15, 0.2) is 0 Å². The van der Waals surface area contributed by atoms with Crippen LogP contribution < -0.4 is 0 Å². The van der Waals surface area contributed by atoms with E-state index in [0.717, 1.165) is 6.42 Å². The summed E-state index contributed by atoms with van der Waals surface area (Å²) in [6, 6.07) is 0. The first-order chi connectivity index (χ1) is 7.00. The van der Waals surface area contributed by atoms with Crippen molar-refractivity contribution in [3.05, 3.63) is 48.6 Å². The Morgan fingerprint density at radius 3 is 2.50 bits per heavy atom. The van der Waals surface area contributed by atoms with Crippen LogP contribution in [0.25, 0.3) is 0 Å². The summed E-state index contributed by atoms with van der Waals surface area (Å²) in [7, 11) is 0. The van der Waals surface area contributed by atoms with E-state index in [0.29, 0.717) is 0 Å². The SMILES string of the molecule is [C]1=C/C/C=C/C=C\CCCCC\C=C/1. The Kier molecular flexibility index (Phi) is 6.74. The maximum Gasteiger partial charge on any atom is -0.0157 e. The Morgan fingerprint density at radius 1 is 0.786 bits per heavy atom. The fourth-order valence-electron chi connectivity index (χ4n) is 1.39. The summed E-state index contributed by atoms with van der Waals surface area (Å²) in [4.78, 5) is 0. The van der Waals surface area contributed by atoms with Crippen LogP contribution in [0, 0.1) is 6.08 Å². The lowest BCUT2D eigenvalue weighted by atomic mass is 10.1. The zero-order valence-electron chi connectivity index (χ0n) is 8.78. The molecule has 0 heteroatoms. The molecule has 0 bridgehead atoms. The zero-order chi connectivity index (χ0) is 9.90. The van der Waals surface area contributed by atoms with Gasteiger partial charge in [0, 0.05) is 0 Å². The first-order valence-electron chi connectivity index (χ1n) is 5.54. The number of allylic oxidation sites excluding steroid dienone is 8. The molecule has 0 nitrogen and oxygen atoms in total. The largest absolute Gasteiger partial charge is 0.0845 e. The quantitative estimate of drug-likeness (QED) is 0.528. The van der Waals surface area contributed by atoms with E-state index in [1.165, 1.54) is 32.1 Å². The van der Waals surface area contributed by atoms with Crippen LogP contribution in [0.4, 0.5) is 0 Å². The molecule has 0 atom stereocenters. The standard InChI is InChI=1S/C14H19/c1-2-4-6-8-10-12-14-13-11-9-7-5-3-1/h1-4,7,11,13H,5-6,8,10,12,14H2/b3-1+,4-2-,9-7?,13-11-. The molecule has 1 aliphatic carbocycles. The van der Waals surface area contributed by atoms with Gasteiger partial charge >= 0.3 is 0 Å². The van der Waals surface area contributed by atoms with Crippen LogP contribution >= 0.6 is 0 Å². The molecule has 0 spiro atoms. The smallest absolute Gasteiger partial charge is 0.0157 e. The van der Waals surface area contributed by atoms with Crippen LogP contribution in [-0.4, -0.2) is 0 Å². The predicted octanol–water partition coefficient (Wildman–Crippen LogP) is 4.37. The van der Waals surface area contributed by atoms with Crippen molar-refractivity contribution in [2.45, 2.75) is 38.5 Å². The third-order valence-electron chi connectivity index (χ3n) is 2.21. The summed E-state index contributed by atoms with van der Waals surface area (Å²) >= 11 is 0. The van der Waals surface area contributed by atoms with Crippen LogP contribution in [0.5, 0.6) is 0 Å². The van der Waals surface area contributed by atoms with E-state index in [4.69, 9.17) is 0 Å². The lowest BCUT2D eigenvalue weighted by Gasteiger charge is -1.94. The van der Waals surface area contributed by atoms with Crippen LogP contribution in [0.3, 0.4) is 0 Å². The minimum absolute atomic E-state index is 0.981. The van der Waals surface area contributed by atoms with E-state index in [-0.39, 0.29) is 0 Å². The average Bonchev–Trinajstić information content (AvgIpc) is 2.22. The van der Waals surface area contributed by atoms with Crippen molar-refractivity contribution >= 4 is 0 Å². The molecule has 0 aromatic carbocycles. The lowest BCUT2D eigenvalue weighted by molar-refractivity contribution is 0.696. The molecule has 0 saturated heterocycles. The number of rotatable bonds is 0. The van der Waals surface area contributed by atoms with Crippen molar-refractivity contribution in [2.75, 3.05) is 0 Å². The predicted molar refractivity (Wildman–Crippen MR) is 62.9 cm³/mol. The molecule has 1 aliphatic rings. The van der Waals surface area contributed by atoms with Crippen LogP contribution in [0.1, 0.15) is 38.5 Å². The Hall–Kier alpha value is -1.04. The van der Waals surface area contributed by atoms with E-state index in [1.54, 1.807) is 0 Å². The fourth-order valence-corrected chi connectivity index (χ4v) is 1.39. The van der Waals surface area contributed by atoms with Gasteiger partial charge in [-0.05, 0) is 38.2 Å². The number of hydrogen-bond donors (Lipinski definition) is 0. The maximum atomic E-state index is 3.16. The molecule has 1 rings (SSSR count). The molecule has 0 aliphatic heterocycles. The molecule has 0 saturated carbocycles. The second kappa shape index (κ2) is 8.55. The Labute approximate surface area is 87.7 Å². The topological polar surface area (TPSA) is 0 Å². The fraction of sp³-hybridized carbons (Fsp3) is 0.429. The number of hydrogen-bond acceptors (Lipinski definition) is 0. The summed E-state index contributed by atoms with van der Waals surface area (Å²) in [5, 5.41) is 0. The van der Waals surface area contributed by atoms with E-state index >= 15 is 0 Å². The van der Waals surface area contributed by atoms with Gasteiger partial charge in [-0.25, -0.2) is 0 Å². The van der Waals surface area contributed by atoms with Crippen LogP contribution in [-0.2, 0) is 0 Å². The van der Waals surface area contributed by atoms with E-state index < -0.39 is 0 Å². The molecule has 0 fully saturated rings. The molecule has 0 aromatic rings. The van der Waals surface area contributed by atoms with E-state index in [1.807, 2.05) is 6.08 Å². The van der Waals surface area contributed by atoms with E-state index in [9.17, 15) is 0 Å². The average molecular weight is 187 g/mol. The molecule has 0 aromatic heterocycles. The highest BCUT2D eigenvalue weighted by atomic mass is 13.9. The highest BCUT2D eigenvalue weighted by molar-refractivity contribution is 5.05. The van der Waals surface area contributed by atoms with Gasteiger partial charge in [0.2, 0.25) is 0 Å². The molecule has 14 heavy (non-hydrogen) atoms. The summed E-state index contributed by atoms with van der Waals surface area (Å²) in [6.45, 7) is 0. The molecule has 75 valence electrons. The highest BCUT2D eigenvalue weighted by Crippen LogP contribution is 2.04. The van der Waals surface area contributed by atoms with Gasteiger partial charge in [0.1, 0.15) is 0 Å². The first kappa shape index (κ1) is 11.0. The van der Waals surface area contributed by atoms with Gasteiger partial charge in [-0.3, -0.25) is 0 Å². The molecule has 0 heterocycles. The normalized spacial score (nSPS) is 28.6.